The van der Waals surface area contributed by atoms with Crippen molar-refractivity contribution in [2.45, 2.75) is 25.7 Å². The lowest BCUT2D eigenvalue weighted by molar-refractivity contribution is -0.138. The molecule has 0 bridgehead atoms. The van der Waals surface area contributed by atoms with E-state index < -0.39 is 5.63 Å². The molecule has 0 unspecified atom stereocenters. The highest BCUT2D eigenvalue weighted by Gasteiger charge is 2.26. The summed E-state index contributed by atoms with van der Waals surface area (Å²) in [4.78, 5) is 26.4. The average molecular weight is 393 g/mol. The number of carbonyl (C=O) groups excluding carboxylic acids is 1. The first-order valence-electron chi connectivity index (χ1n) is 9.73. The summed E-state index contributed by atoms with van der Waals surface area (Å²) >= 11 is 0. The molecule has 1 fully saturated rings. The van der Waals surface area contributed by atoms with Gasteiger partial charge in [0.2, 0.25) is 0 Å². The Bertz CT molecular complexity index is 1100. The van der Waals surface area contributed by atoms with Crippen molar-refractivity contribution in [1.82, 2.24) is 0 Å². The first-order chi connectivity index (χ1) is 14.1. The van der Waals surface area contributed by atoms with Crippen LogP contribution >= 0.6 is 0 Å². The molecule has 1 aliphatic rings. The number of anilines is 2. The van der Waals surface area contributed by atoms with Crippen LogP contribution < -0.4 is 20.0 Å². The Hall–Kier alpha value is -3.28. The Kier molecular flexibility index (Phi) is 5.25. The zero-order valence-corrected chi connectivity index (χ0v) is 16.5. The van der Waals surface area contributed by atoms with Crippen LogP contribution in [0.15, 0.2) is 57.7 Å². The van der Waals surface area contributed by atoms with E-state index in [2.05, 4.69) is 0 Å². The second-order valence-corrected chi connectivity index (χ2v) is 7.24. The standard InChI is InChI=1S/C23H23NO5/c1-24(18-14-22(25)28-19-10-6-5-9-17(18)19)16-11-12-20(27-2)21(13-16)29-23(26)15-7-3-4-8-15/h5-6,9-15H,3-4,7-8H2,1-2H3. The Morgan fingerprint density at radius 1 is 1.07 bits per heavy atom. The molecule has 2 aromatic carbocycles. The molecule has 0 saturated heterocycles. The predicted molar refractivity (Wildman–Crippen MR) is 111 cm³/mol. The number of hydrogen-bond acceptors (Lipinski definition) is 6. The van der Waals surface area contributed by atoms with Gasteiger partial charge in [0.05, 0.1) is 18.7 Å². The number of para-hydroxylation sites is 1. The molecule has 0 aliphatic heterocycles. The molecular weight excluding hydrogens is 370 g/mol. The van der Waals surface area contributed by atoms with Gasteiger partial charge in [0.1, 0.15) is 5.58 Å². The summed E-state index contributed by atoms with van der Waals surface area (Å²) in [6, 6.07) is 14.2. The normalized spacial score (nSPS) is 14.1. The van der Waals surface area contributed by atoms with Gasteiger partial charge in [-0.2, -0.15) is 0 Å². The number of benzene rings is 2. The van der Waals surface area contributed by atoms with Gasteiger partial charge >= 0.3 is 11.6 Å². The van der Waals surface area contributed by atoms with Crippen molar-refractivity contribution in [3.63, 3.8) is 0 Å². The Balaban J connectivity index is 1.70. The third-order valence-electron chi connectivity index (χ3n) is 5.42. The van der Waals surface area contributed by atoms with Crippen LogP contribution in [0.4, 0.5) is 11.4 Å². The van der Waals surface area contributed by atoms with Crippen LogP contribution in [0.5, 0.6) is 11.5 Å². The van der Waals surface area contributed by atoms with Gasteiger partial charge in [-0.15, -0.1) is 0 Å². The fraction of sp³-hybridized carbons (Fsp3) is 0.304. The minimum Gasteiger partial charge on any atom is -0.493 e. The highest BCUT2D eigenvalue weighted by atomic mass is 16.6. The first-order valence-corrected chi connectivity index (χ1v) is 9.73. The van der Waals surface area contributed by atoms with Gasteiger partial charge in [-0.3, -0.25) is 4.79 Å². The first kappa shape index (κ1) is 19.1. The van der Waals surface area contributed by atoms with Crippen molar-refractivity contribution in [3.05, 3.63) is 59.0 Å². The topological polar surface area (TPSA) is 69.0 Å². The maximum atomic E-state index is 12.5. The summed E-state index contributed by atoms with van der Waals surface area (Å²) < 4.78 is 16.4. The highest BCUT2D eigenvalue weighted by molar-refractivity contribution is 5.92. The number of rotatable bonds is 5. The summed E-state index contributed by atoms with van der Waals surface area (Å²) in [5.74, 6) is 0.599. The Morgan fingerprint density at radius 2 is 1.83 bits per heavy atom. The molecule has 0 amide bonds. The van der Waals surface area contributed by atoms with Crippen molar-refractivity contribution in [1.29, 1.82) is 0 Å². The number of fused-ring (bicyclic) bond motifs is 1. The minimum absolute atomic E-state index is 0.0520. The monoisotopic (exact) mass is 393 g/mol. The summed E-state index contributed by atoms with van der Waals surface area (Å²) in [7, 11) is 3.40. The van der Waals surface area contributed by atoms with Crippen molar-refractivity contribution in [2.75, 3.05) is 19.1 Å². The largest absolute Gasteiger partial charge is 0.493 e. The summed E-state index contributed by atoms with van der Waals surface area (Å²) in [6.45, 7) is 0. The predicted octanol–water partition coefficient (Wildman–Crippen LogP) is 4.67. The van der Waals surface area contributed by atoms with E-state index >= 15 is 0 Å². The van der Waals surface area contributed by atoms with E-state index in [-0.39, 0.29) is 11.9 Å². The van der Waals surface area contributed by atoms with Crippen LogP contribution in [0.25, 0.3) is 11.0 Å². The van der Waals surface area contributed by atoms with Gasteiger partial charge in [0.15, 0.2) is 11.5 Å². The summed E-state index contributed by atoms with van der Waals surface area (Å²) in [5.41, 5.74) is 1.56. The fourth-order valence-corrected chi connectivity index (χ4v) is 3.82. The lowest BCUT2D eigenvalue weighted by atomic mass is 10.1. The van der Waals surface area contributed by atoms with Crippen LogP contribution in [0.1, 0.15) is 25.7 Å². The molecule has 1 aromatic heterocycles. The molecule has 4 rings (SSSR count). The number of nitrogens with zero attached hydrogens (tertiary/aromatic N) is 1. The second-order valence-electron chi connectivity index (χ2n) is 7.24. The maximum absolute atomic E-state index is 12.5. The van der Waals surface area contributed by atoms with Gasteiger partial charge in [-0.25, -0.2) is 4.79 Å². The van der Waals surface area contributed by atoms with E-state index in [0.717, 1.165) is 36.8 Å². The SMILES string of the molecule is COc1ccc(N(C)c2cc(=O)oc3ccccc23)cc1OC(=O)C1CCCC1. The van der Waals surface area contributed by atoms with Gasteiger partial charge in [0.25, 0.3) is 0 Å². The Morgan fingerprint density at radius 3 is 2.59 bits per heavy atom. The average Bonchev–Trinajstić information content (AvgIpc) is 3.27. The molecule has 1 saturated carbocycles. The molecule has 0 spiro atoms. The number of hydrogen-bond donors (Lipinski definition) is 0. The number of ether oxygens (including phenoxy) is 2. The summed E-state index contributed by atoms with van der Waals surface area (Å²) in [5, 5.41) is 0.815. The molecule has 0 radical (unpaired) electrons. The Labute approximate surface area is 168 Å². The van der Waals surface area contributed by atoms with Crippen molar-refractivity contribution in [2.24, 2.45) is 5.92 Å². The molecular formula is C23H23NO5. The second kappa shape index (κ2) is 7.99. The van der Waals surface area contributed by atoms with Crippen molar-refractivity contribution >= 4 is 28.3 Å². The van der Waals surface area contributed by atoms with Gasteiger partial charge in [0, 0.05) is 30.3 Å². The quantitative estimate of drug-likeness (QED) is 0.357. The van der Waals surface area contributed by atoms with E-state index in [0.29, 0.717) is 22.8 Å². The lowest BCUT2D eigenvalue weighted by Crippen LogP contribution is -2.18. The minimum atomic E-state index is -0.424. The third kappa shape index (κ3) is 3.83. The number of esters is 1. The molecule has 150 valence electrons. The molecule has 1 aliphatic carbocycles. The summed E-state index contributed by atoms with van der Waals surface area (Å²) in [6.07, 6.45) is 3.85. The van der Waals surface area contributed by atoms with Gasteiger partial charge < -0.3 is 18.8 Å². The van der Waals surface area contributed by atoms with Gasteiger partial charge in [-0.05, 0) is 37.1 Å². The molecule has 6 heteroatoms. The van der Waals surface area contributed by atoms with Crippen LogP contribution in [0.2, 0.25) is 0 Å². The molecule has 0 atom stereocenters. The fourth-order valence-electron chi connectivity index (χ4n) is 3.82. The number of methoxy groups -OCH3 is 1. The molecule has 0 N–H and O–H groups in total. The van der Waals surface area contributed by atoms with E-state index in [9.17, 15) is 9.59 Å². The zero-order valence-electron chi connectivity index (χ0n) is 16.5. The van der Waals surface area contributed by atoms with E-state index in [1.165, 1.54) is 6.07 Å². The lowest BCUT2D eigenvalue weighted by Gasteiger charge is -2.22. The van der Waals surface area contributed by atoms with Crippen molar-refractivity contribution < 1.29 is 18.7 Å². The van der Waals surface area contributed by atoms with E-state index in [4.69, 9.17) is 13.9 Å². The zero-order chi connectivity index (χ0) is 20.4. The maximum Gasteiger partial charge on any atom is 0.338 e. The molecule has 3 aromatic rings. The van der Waals surface area contributed by atoms with Crippen LogP contribution in [-0.2, 0) is 4.79 Å². The van der Waals surface area contributed by atoms with E-state index in [1.807, 2.05) is 36.2 Å². The smallest absolute Gasteiger partial charge is 0.338 e. The molecule has 29 heavy (non-hydrogen) atoms. The van der Waals surface area contributed by atoms with Crippen LogP contribution in [0.3, 0.4) is 0 Å². The van der Waals surface area contributed by atoms with Crippen molar-refractivity contribution in [3.8, 4) is 11.5 Å². The van der Waals surface area contributed by atoms with Crippen LogP contribution in [0, 0.1) is 5.92 Å². The van der Waals surface area contributed by atoms with Crippen LogP contribution in [-0.4, -0.2) is 20.1 Å². The molecule has 6 nitrogen and oxygen atoms in total. The highest BCUT2D eigenvalue weighted by Crippen LogP contribution is 2.37. The third-order valence-corrected chi connectivity index (χ3v) is 5.42. The number of carbonyl (C=O) groups is 1. The van der Waals surface area contributed by atoms with Gasteiger partial charge in [-0.1, -0.05) is 25.0 Å². The van der Waals surface area contributed by atoms with E-state index in [1.54, 1.807) is 25.3 Å². The molecule has 1 heterocycles.